The Hall–Kier alpha value is 0.900. The summed E-state index contributed by atoms with van der Waals surface area (Å²) in [5.41, 5.74) is 0. The van der Waals surface area contributed by atoms with Gasteiger partial charge in [0.25, 0.3) is 0 Å². The van der Waals surface area contributed by atoms with E-state index >= 15 is 0 Å². The summed E-state index contributed by atoms with van der Waals surface area (Å²) < 4.78 is 0. The van der Waals surface area contributed by atoms with Crippen LogP contribution in [0, 0.1) is 0 Å². The molecule has 0 radical (unpaired) electrons. The maximum absolute atomic E-state index is 6.21. The zero-order valence-electron chi connectivity index (χ0n) is 9.64. The first-order valence-electron chi connectivity index (χ1n) is 5.71. The molecule has 0 aliphatic rings. The van der Waals surface area contributed by atoms with E-state index in [2.05, 4.69) is 13.5 Å². The molecule has 0 aromatic carbocycles. The highest BCUT2D eigenvalue weighted by Gasteiger charge is 2.29. The first-order chi connectivity index (χ1) is 7.54. The highest BCUT2D eigenvalue weighted by Crippen LogP contribution is 2.28. The summed E-state index contributed by atoms with van der Waals surface area (Å²) >= 11 is 24.7. The fourth-order valence-electron chi connectivity index (χ4n) is 1.44. The van der Waals surface area contributed by atoms with Gasteiger partial charge in [0.1, 0.15) is 0 Å². The van der Waals surface area contributed by atoms with Crippen molar-refractivity contribution >= 4 is 46.4 Å². The average Bonchev–Trinajstić information content (AvgIpc) is 2.27. The molecule has 0 heterocycles. The number of halogens is 4. The van der Waals surface area contributed by atoms with E-state index in [1.54, 1.807) is 6.08 Å². The molecule has 0 aliphatic carbocycles. The number of rotatable bonds is 9. The van der Waals surface area contributed by atoms with Crippen molar-refractivity contribution in [3.63, 3.8) is 0 Å². The van der Waals surface area contributed by atoms with Crippen molar-refractivity contribution in [3.05, 3.63) is 12.7 Å². The molecule has 0 spiro atoms. The van der Waals surface area contributed by atoms with Crippen molar-refractivity contribution in [1.29, 1.82) is 0 Å². The lowest BCUT2D eigenvalue weighted by atomic mass is 10.1. The summed E-state index contributed by atoms with van der Waals surface area (Å²) in [5, 5.41) is -0.913. The molecule has 0 N–H and O–H groups in total. The maximum atomic E-state index is 6.21. The molecule has 4 atom stereocenters. The Bertz CT molecular complexity index is 184. The molecule has 0 nitrogen and oxygen atoms in total. The molecule has 0 aromatic heterocycles. The second-order valence-corrected chi connectivity index (χ2v) is 6.07. The third kappa shape index (κ3) is 6.59. The maximum Gasteiger partial charge on any atom is 0.0680 e. The fraction of sp³-hybridized carbons (Fsp3) is 0.833. The Labute approximate surface area is 119 Å². The van der Waals surface area contributed by atoms with Gasteiger partial charge in [-0.3, -0.25) is 0 Å². The number of hydrogen-bond donors (Lipinski definition) is 0. The normalized spacial score (nSPS) is 18.8. The van der Waals surface area contributed by atoms with Gasteiger partial charge in [-0.1, -0.05) is 32.3 Å². The topological polar surface area (TPSA) is 0 Å². The van der Waals surface area contributed by atoms with Crippen LogP contribution in [0.3, 0.4) is 0 Å². The molecule has 0 bridgehead atoms. The smallest absolute Gasteiger partial charge is 0.0680 e. The van der Waals surface area contributed by atoms with Crippen molar-refractivity contribution in [2.24, 2.45) is 0 Å². The Morgan fingerprint density at radius 2 is 1.56 bits per heavy atom. The Balaban J connectivity index is 3.99. The lowest BCUT2D eigenvalue weighted by Gasteiger charge is -2.24. The number of unbranched alkanes of at least 4 members (excludes halogenated alkanes) is 2. The molecule has 96 valence electrons. The van der Waals surface area contributed by atoms with Crippen LogP contribution >= 0.6 is 46.4 Å². The largest absolute Gasteiger partial charge is 0.121 e. The highest BCUT2D eigenvalue weighted by molar-refractivity contribution is 6.38. The van der Waals surface area contributed by atoms with E-state index in [9.17, 15) is 0 Å². The van der Waals surface area contributed by atoms with Crippen LogP contribution < -0.4 is 0 Å². The molecule has 4 heteroatoms. The first-order valence-corrected chi connectivity index (χ1v) is 7.46. The minimum Gasteiger partial charge on any atom is -0.121 e. The van der Waals surface area contributed by atoms with Crippen molar-refractivity contribution in [1.82, 2.24) is 0 Å². The quantitative estimate of drug-likeness (QED) is 0.297. The van der Waals surface area contributed by atoms with E-state index in [0.29, 0.717) is 6.42 Å². The molecular formula is C12H20Cl4. The van der Waals surface area contributed by atoms with Crippen molar-refractivity contribution in [3.8, 4) is 0 Å². The van der Waals surface area contributed by atoms with Crippen LogP contribution in [0.25, 0.3) is 0 Å². The Kier molecular flexibility index (Phi) is 10.4. The average molecular weight is 306 g/mol. The van der Waals surface area contributed by atoms with E-state index < -0.39 is 0 Å². The van der Waals surface area contributed by atoms with Crippen LogP contribution in [0.4, 0.5) is 0 Å². The summed E-state index contributed by atoms with van der Waals surface area (Å²) in [4.78, 5) is 0. The highest BCUT2D eigenvalue weighted by atomic mass is 35.5. The van der Waals surface area contributed by atoms with E-state index in [1.807, 2.05) is 0 Å². The van der Waals surface area contributed by atoms with Crippen molar-refractivity contribution in [2.45, 2.75) is 60.5 Å². The molecule has 0 amide bonds. The second-order valence-electron chi connectivity index (χ2n) is 3.94. The fourth-order valence-corrected chi connectivity index (χ4v) is 2.76. The standard InChI is InChI=1S/C12H20Cl4/c1-3-5-6-8-10(14)12(16)11(15)9(13)7-4-2/h4,9-12H,2-3,5-8H2,1H3. The van der Waals surface area contributed by atoms with Crippen LogP contribution in [-0.4, -0.2) is 21.5 Å². The molecule has 4 unspecified atom stereocenters. The predicted octanol–water partition coefficient (Wildman–Crippen LogP) is 5.57. The van der Waals surface area contributed by atoms with Crippen LogP contribution in [0.15, 0.2) is 12.7 Å². The first kappa shape index (κ1) is 16.9. The molecule has 0 saturated carbocycles. The van der Waals surface area contributed by atoms with Gasteiger partial charge in [0.05, 0.1) is 21.5 Å². The summed E-state index contributed by atoms with van der Waals surface area (Å²) in [6, 6.07) is 0. The lowest BCUT2D eigenvalue weighted by Crippen LogP contribution is -2.32. The third-order valence-corrected chi connectivity index (χ3v) is 4.95. The number of hydrogen-bond acceptors (Lipinski definition) is 0. The van der Waals surface area contributed by atoms with Crippen LogP contribution in [0.1, 0.15) is 39.0 Å². The molecule has 0 saturated heterocycles. The molecule has 0 aliphatic heterocycles. The van der Waals surface area contributed by atoms with Gasteiger partial charge in [0.2, 0.25) is 0 Å². The molecule has 0 rings (SSSR count). The predicted molar refractivity (Wildman–Crippen MR) is 77.5 cm³/mol. The van der Waals surface area contributed by atoms with E-state index in [1.165, 1.54) is 12.8 Å². The monoisotopic (exact) mass is 304 g/mol. The van der Waals surface area contributed by atoms with Crippen LogP contribution in [0.2, 0.25) is 0 Å². The van der Waals surface area contributed by atoms with E-state index in [-0.39, 0.29) is 21.5 Å². The third-order valence-electron chi connectivity index (χ3n) is 2.47. The van der Waals surface area contributed by atoms with Gasteiger partial charge in [0, 0.05) is 0 Å². The number of alkyl halides is 4. The van der Waals surface area contributed by atoms with Gasteiger partial charge in [-0.2, -0.15) is 0 Å². The van der Waals surface area contributed by atoms with Crippen molar-refractivity contribution in [2.75, 3.05) is 0 Å². The van der Waals surface area contributed by atoms with Crippen LogP contribution in [0.5, 0.6) is 0 Å². The zero-order valence-corrected chi connectivity index (χ0v) is 12.7. The van der Waals surface area contributed by atoms with Gasteiger partial charge >= 0.3 is 0 Å². The van der Waals surface area contributed by atoms with Gasteiger partial charge in [0.15, 0.2) is 0 Å². The molecule has 16 heavy (non-hydrogen) atoms. The minimum atomic E-state index is -0.314. The van der Waals surface area contributed by atoms with Gasteiger partial charge in [-0.25, -0.2) is 0 Å². The van der Waals surface area contributed by atoms with Crippen molar-refractivity contribution < 1.29 is 0 Å². The van der Waals surface area contributed by atoms with E-state index in [4.69, 9.17) is 46.4 Å². The van der Waals surface area contributed by atoms with Crippen LogP contribution in [-0.2, 0) is 0 Å². The van der Waals surface area contributed by atoms with Gasteiger partial charge < -0.3 is 0 Å². The SMILES string of the molecule is C=CCC(Cl)C(Cl)C(Cl)C(Cl)CCCCC. The summed E-state index contributed by atoms with van der Waals surface area (Å²) in [5.74, 6) is 0. The molecule has 0 fully saturated rings. The minimum absolute atomic E-state index is 0.109. The number of allylic oxidation sites excluding steroid dienone is 1. The lowest BCUT2D eigenvalue weighted by molar-refractivity contribution is 0.596. The summed E-state index contributed by atoms with van der Waals surface area (Å²) in [6.45, 7) is 5.79. The zero-order chi connectivity index (χ0) is 12.6. The van der Waals surface area contributed by atoms with Gasteiger partial charge in [-0.05, 0) is 12.8 Å². The second kappa shape index (κ2) is 9.88. The summed E-state index contributed by atoms with van der Waals surface area (Å²) in [6.07, 6.45) is 6.73. The van der Waals surface area contributed by atoms with Gasteiger partial charge in [-0.15, -0.1) is 53.0 Å². The Morgan fingerprint density at radius 1 is 1.00 bits per heavy atom. The van der Waals surface area contributed by atoms with E-state index in [0.717, 1.165) is 12.8 Å². The molecule has 0 aromatic rings. The Morgan fingerprint density at radius 3 is 2.06 bits per heavy atom. The molecular weight excluding hydrogens is 286 g/mol. The summed E-state index contributed by atoms with van der Waals surface area (Å²) in [7, 11) is 0.